The molecule has 0 saturated carbocycles. The molecule has 0 aliphatic heterocycles. The van der Waals surface area contributed by atoms with Crippen molar-refractivity contribution in [2.24, 2.45) is 0 Å². The molecule has 0 rings (SSSR count). The van der Waals surface area contributed by atoms with E-state index in [2.05, 4.69) is 11.9 Å². The maximum Gasteiger partial charge on any atom is 0.326 e. The molecule has 0 saturated heterocycles. The van der Waals surface area contributed by atoms with Gasteiger partial charge in [0.25, 0.3) is 0 Å². The summed E-state index contributed by atoms with van der Waals surface area (Å²) in [5.41, 5.74) is 0. The summed E-state index contributed by atoms with van der Waals surface area (Å²) >= 11 is 1.52. The lowest BCUT2D eigenvalue weighted by atomic mass is 10.2. The summed E-state index contributed by atoms with van der Waals surface area (Å²) in [6.07, 6.45) is 3.76. The average Bonchev–Trinajstić information content (AvgIpc) is 2.33. The highest BCUT2D eigenvalue weighted by Gasteiger charge is 2.21. The van der Waals surface area contributed by atoms with Gasteiger partial charge in [0, 0.05) is 13.1 Å². The van der Waals surface area contributed by atoms with Crippen LogP contribution in [0.3, 0.4) is 0 Å². The Morgan fingerprint density at radius 3 is 2.67 bits per heavy atom. The first kappa shape index (κ1) is 16.8. The minimum absolute atomic E-state index is 0.146. The van der Waals surface area contributed by atoms with Crippen LogP contribution in [-0.4, -0.2) is 64.9 Å². The summed E-state index contributed by atoms with van der Waals surface area (Å²) in [4.78, 5) is 24.1. The van der Waals surface area contributed by atoms with E-state index in [9.17, 15) is 9.59 Å². The summed E-state index contributed by atoms with van der Waals surface area (Å²) in [6, 6.07) is -1.41. The van der Waals surface area contributed by atoms with Crippen molar-refractivity contribution in [2.45, 2.75) is 12.5 Å². The Labute approximate surface area is 111 Å². The summed E-state index contributed by atoms with van der Waals surface area (Å²) in [7, 11) is 0. The second-order valence-electron chi connectivity index (χ2n) is 3.58. The molecule has 6 nitrogen and oxygen atoms in total. The minimum Gasteiger partial charge on any atom is -0.480 e. The molecule has 0 spiro atoms. The third-order valence-corrected chi connectivity index (χ3v) is 2.86. The average molecular weight is 276 g/mol. The van der Waals surface area contributed by atoms with Crippen molar-refractivity contribution >= 4 is 23.8 Å². The molecule has 1 atom stereocenters. The highest BCUT2D eigenvalue weighted by Crippen LogP contribution is 2.02. The van der Waals surface area contributed by atoms with E-state index in [0.29, 0.717) is 12.2 Å². The molecule has 0 fully saturated rings. The number of thioether (sulfide) groups is 1. The molecule has 0 radical (unpaired) electrons. The van der Waals surface area contributed by atoms with Gasteiger partial charge in [0.05, 0.1) is 6.61 Å². The van der Waals surface area contributed by atoms with Crippen molar-refractivity contribution < 1.29 is 19.8 Å². The second-order valence-corrected chi connectivity index (χ2v) is 4.57. The van der Waals surface area contributed by atoms with E-state index in [-0.39, 0.29) is 19.7 Å². The van der Waals surface area contributed by atoms with E-state index < -0.39 is 18.0 Å². The SMILES string of the molecule is C=CCN(CCO)C(=O)N[C@H](CCSC)C(=O)O. The molecule has 0 aliphatic rings. The van der Waals surface area contributed by atoms with Crippen LogP contribution in [0.15, 0.2) is 12.7 Å². The fourth-order valence-corrected chi connectivity index (χ4v) is 1.76. The van der Waals surface area contributed by atoms with Gasteiger partial charge in [-0.05, 0) is 18.4 Å². The number of amides is 2. The van der Waals surface area contributed by atoms with Crippen molar-refractivity contribution in [3.8, 4) is 0 Å². The quantitative estimate of drug-likeness (QED) is 0.530. The Morgan fingerprint density at radius 1 is 1.56 bits per heavy atom. The van der Waals surface area contributed by atoms with Crippen LogP contribution < -0.4 is 5.32 Å². The number of aliphatic hydroxyl groups is 1. The van der Waals surface area contributed by atoms with Crippen molar-refractivity contribution in [1.82, 2.24) is 10.2 Å². The number of carbonyl (C=O) groups is 2. The van der Waals surface area contributed by atoms with Crippen LogP contribution in [0.25, 0.3) is 0 Å². The number of hydrogen-bond acceptors (Lipinski definition) is 4. The Morgan fingerprint density at radius 2 is 2.22 bits per heavy atom. The molecule has 0 bridgehead atoms. The maximum atomic E-state index is 11.8. The number of aliphatic hydroxyl groups excluding tert-OH is 1. The van der Waals surface area contributed by atoms with Crippen LogP contribution >= 0.6 is 11.8 Å². The van der Waals surface area contributed by atoms with Crippen molar-refractivity contribution in [3.63, 3.8) is 0 Å². The van der Waals surface area contributed by atoms with Crippen LogP contribution in [-0.2, 0) is 4.79 Å². The molecule has 0 aromatic heterocycles. The third kappa shape index (κ3) is 6.51. The molecule has 0 unspecified atom stereocenters. The minimum atomic E-state index is -1.06. The first-order chi connectivity index (χ1) is 8.56. The zero-order valence-corrected chi connectivity index (χ0v) is 11.3. The monoisotopic (exact) mass is 276 g/mol. The zero-order valence-electron chi connectivity index (χ0n) is 10.5. The fraction of sp³-hybridized carbons (Fsp3) is 0.636. The standard InChI is InChI=1S/C11H20N2O4S/c1-3-5-13(6-7-14)11(17)12-9(10(15)16)4-8-18-2/h3,9,14H,1,4-8H2,2H3,(H,12,17)(H,15,16)/t9-/m1/s1. The lowest BCUT2D eigenvalue weighted by Crippen LogP contribution is -2.49. The van der Waals surface area contributed by atoms with Gasteiger partial charge >= 0.3 is 12.0 Å². The highest BCUT2D eigenvalue weighted by atomic mass is 32.2. The lowest BCUT2D eigenvalue weighted by Gasteiger charge is -2.23. The number of aliphatic carboxylic acids is 1. The van der Waals surface area contributed by atoms with E-state index in [0.717, 1.165) is 0 Å². The number of urea groups is 1. The first-order valence-electron chi connectivity index (χ1n) is 5.55. The van der Waals surface area contributed by atoms with Crippen LogP contribution in [0.1, 0.15) is 6.42 Å². The van der Waals surface area contributed by atoms with E-state index in [1.807, 2.05) is 6.26 Å². The van der Waals surface area contributed by atoms with Crippen molar-refractivity contribution in [2.75, 3.05) is 31.7 Å². The van der Waals surface area contributed by atoms with Gasteiger partial charge in [-0.15, -0.1) is 6.58 Å². The van der Waals surface area contributed by atoms with Crippen molar-refractivity contribution in [1.29, 1.82) is 0 Å². The zero-order chi connectivity index (χ0) is 14.0. The molecule has 0 heterocycles. The van der Waals surface area contributed by atoms with Gasteiger partial charge in [0.1, 0.15) is 6.04 Å². The van der Waals surface area contributed by atoms with Crippen LogP contribution in [0.5, 0.6) is 0 Å². The molecular weight excluding hydrogens is 256 g/mol. The molecule has 2 amide bonds. The number of nitrogens with zero attached hydrogens (tertiary/aromatic N) is 1. The summed E-state index contributed by atoms with van der Waals surface area (Å²) in [6.45, 7) is 3.74. The lowest BCUT2D eigenvalue weighted by molar-refractivity contribution is -0.139. The van der Waals surface area contributed by atoms with Gasteiger partial charge < -0.3 is 20.4 Å². The van der Waals surface area contributed by atoms with Crippen molar-refractivity contribution in [3.05, 3.63) is 12.7 Å². The Kier molecular flexibility index (Phi) is 9.13. The highest BCUT2D eigenvalue weighted by molar-refractivity contribution is 7.98. The van der Waals surface area contributed by atoms with Crippen LogP contribution in [0.4, 0.5) is 4.79 Å². The predicted octanol–water partition coefficient (Wildman–Crippen LogP) is 0.383. The van der Waals surface area contributed by atoms with E-state index in [4.69, 9.17) is 10.2 Å². The number of carbonyl (C=O) groups excluding carboxylic acids is 1. The Balaban J connectivity index is 4.44. The van der Waals surface area contributed by atoms with Crippen LogP contribution in [0, 0.1) is 0 Å². The first-order valence-corrected chi connectivity index (χ1v) is 6.95. The third-order valence-electron chi connectivity index (χ3n) is 2.21. The molecule has 0 aromatic carbocycles. The fourth-order valence-electron chi connectivity index (χ4n) is 1.29. The number of hydrogen-bond donors (Lipinski definition) is 3. The molecule has 18 heavy (non-hydrogen) atoms. The van der Waals surface area contributed by atoms with E-state index in [1.165, 1.54) is 22.7 Å². The Hall–Kier alpha value is -1.21. The molecule has 0 aliphatic carbocycles. The summed E-state index contributed by atoms with van der Waals surface area (Å²) < 4.78 is 0. The topological polar surface area (TPSA) is 89.9 Å². The van der Waals surface area contributed by atoms with Gasteiger partial charge in [0.15, 0.2) is 0 Å². The molecule has 3 N–H and O–H groups in total. The molecule has 0 aromatic rings. The smallest absolute Gasteiger partial charge is 0.326 e. The van der Waals surface area contributed by atoms with Gasteiger partial charge in [-0.2, -0.15) is 11.8 Å². The molecule has 7 heteroatoms. The van der Waals surface area contributed by atoms with E-state index >= 15 is 0 Å². The largest absolute Gasteiger partial charge is 0.480 e. The predicted molar refractivity (Wildman–Crippen MR) is 71.8 cm³/mol. The van der Waals surface area contributed by atoms with Gasteiger partial charge in [0.2, 0.25) is 0 Å². The van der Waals surface area contributed by atoms with Gasteiger partial charge in [-0.3, -0.25) is 0 Å². The number of carboxylic acids is 1. The number of carboxylic acid groups (broad SMARTS) is 1. The maximum absolute atomic E-state index is 11.8. The van der Waals surface area contributed by atoms with Gasteiger partial charge in [-0.1, -0.05) is 6.08 Å². The van der Waals surface area contributed by atoms with Gasteiger partial charge in [-0.25, -0.2) is 9.59 Å². The molecular formula is C11H20N2O4S. The molecule has 104 valence electrons. The Bertz CT molecular complexity index is 286. The number of rotatable bonds is 9. The summed E-state index contributed by atoms with van der Waals surface area (Å²) in [5, 5.41) is 20.2. The van der Waals surface area contributed by atoms with E-state index in [1.54, 1.807) is 0 Å². The summed E-state index contributed by atoms with van der Waals surface area (Å²) in [5.74, 6) is -0.404. The normalized spacial score (nSPS) is 11.7. The van der Waals surface area contributed by atoms with Crippen LogP contribution in [0.2, 0.25) is 0 Å². The second kappa shape index (κ2) is 9.78. The number of nitrogens with one attached hydrogen (secondary N) is 1.